The fraction of sp³-hybridized carbons (Fsp3) is 0.400. The van der Waals surface area contributed by atoms with Gasteiger partial charge in [0.2, 0.25) is 5.91 Å². The minimum absolute atomic E-state index is 0.0327. The predicted octanol–water partition coefficient (Wildman–Crippen LogP) is 3.26. The normalized spacial score (nSPS) is 13.4. The molecule has 0 bridgehead atoms. The Morgan fingerprint density at radius 3 is 2.48 bits per heavy atom. The summed E-state index contributed by atoms with van der Waals surface area (Å²) >= 11 is 0. The van der Waals surface area contributed by atoms with Crippen molar-refractivity contribution in [1.29, 1.82) is 0 Å². The van der Waals surface area contributed by atoms with Crippen molar-refractivity contribution in [3.63, 3.8) is 0 Å². The van der Waals surface area contributed by atoms with Gasteiger partial charge in [-0.05, 0) is 37.1 Å². The number of hydrogen-bond acceptors (Lipinski definition) is 2. The van der Waals surface area contributed by atoms with Crippen LogP contribution in [0.25, 0.3) is 6.08 Å². The molecule has 21 heavy (non-hydrogen) atoms. The van der Waals surface area contributed by atoms with Crippen LogP contribution in [0.4, 0.5) is 13.2 Å². The van der Waals surface area contributed by atoms with Crippen LogP contribution in [0.15, 0.2) is 30.3 Å². The molecule has 0 aliphatic rings. The summed E-state index contributed by atoms with van der Waals surface area (Å²) in [6.45, 7) is 2.40. The summed E-state index contributed by atoms with van der Waals surface area (Å²) in [5.74, 6) is -0.293. The third-order valence-electron chi connectivity index (χ3n) is 2.81. The lowest BCUT2D eigenvalue weighted by molar-refractivity contribution is -0.137. The zero-order valence-corrected chi connectivity index (χ0v) is 11.9. The van der Waals surface area contributed by atoms with Gasteiger partial charge in [0.25, 0.3) is 0 Å². The first-order valence-electron chi connectivity index (χ1n) is 6.47. The molecule has 116 valence electrons. The number of ether oxygens (including phenoxy) is 1. The van der Waals surface area contributed by atoms with Crippen molar-refractivity contribution in [3.8, 4) is 0 Å². The van der Waals surface area contributed by atoms with Gasteiger partial charge in [0.15, 0.2) is 0 Å². The summed E-state index contributed by atoms with van der Waals surface area (Å²) in [5, 5.41) is 2.73. The molecule has 1 rings (SSSR count). The second-order valence-electron chi connectivity index (χ2n) is 4.64. The highest BCUT2D eigenvalue weighted by Gasteiger charge is 2.29. The number of carbonyl (C=O) groups is 1. The van der Waals surface area contributed by atoms with Gasteiger partial charge in [-0.15, -0.1) is 0 Å². The van der Waals surface area contributed by atoms with E-state index in [0.717, 1.165) is 12.1 Å². The van der Waals surface area contributed by atoms with Gasteiger partial charge in [-0.1, -0.05) is 12.1 Å². The molecule has 0 radical (unpaired) electrons. The zero-order chi connectivity index (χ0) is 15.9. The molecule has 3 nitrogen and oxygen atoms in total. The number of halogens is 3. The van der Waals surface area contributed by atoms with Crippen LogP contribution in [0, 0.1) is 0 Å². The lowest BCUT2D eigenvalue weighted by atomic mass is 10.1. The van der Waals surface area contributed by atoms with Gasteiger partial charge < -0.3 is 10.1 Å². The number of alkyl halides is 3. The van der Waals surface area contributed by atoms with Crippen molar-refractivity contribution in [2.75, 3.05) is 13.7 Å². The fourth-order valence-electron chi connectivity index (χ4n) is 1.61. The number of hydrogen-bond donors (Lipinski definition) is 1. The molecular formula is C15H18F3NO2. The first-order chi connectivity index (χ1) is 9.82. The molecule has 0 aliphatic heterocycles. The summed E-state index contributed by atoms with van der Waals surface area (Å²) in [5.41, 5.74) is -0.181. The van der Waals surface area contributed by atoms with Crippen LogP contribution in [0.2, 0.25) is 0 Å². The maximum Gasteiger partial charge on any atom is 0.416 e. The van der Waals surface area contributed by atoms with E-state index < -0.39 is 11.7 Å². The van der Waals surface area contributed by atoms with Crippen LogP contribution in [0.5, 0.6) is 0 Å². The minimum Gasteiger partial charge on any atom is -0.385 e. The Kier molecular flexibility index (Phi) is 6.42. The SMILES string of the molecule is COCCC(C)NC(=O)/C=C/c1ccc(C(F)(F)F)cc1. The Morgan fingerprint density at radius 2 is 1.95 bits per heavy atom. The van der Waals surface area contributed by atoms with Gasteiger partial charge in [-0.2, -0.15) is 13.2 Å². The average Bonchev–Trinajstić information content (AvgIpc) is 2.42. The van der Waals surface area contributed by atoms with E-state index in [0.29, 0.717) is 18.6 Å². The van der Waals surface area contributed by atoms with Crippen LogP contribution >= 0.6 is 0 Å². The summed E-state index contributed by atoms with van der Waals surface area (Å²) in [7, 11) is 1.58. The van der Waals surface area contributed by atoms with Gasteiger partial charge >= 0.3 is 6.18 Å². The van der Waals surface area contributed by atoms with Crippen molar-refractivity contribution in [2.45, 2.75) is 25.6 Å². The van der Waals surface area contributed by atoms with E-state index in [1.807, 2.05) is 6.92 Å². The van der Waals surface area contributed by atoms with E-state index in [1.54, 1.807) is 7.11 Å². The first-order valence-corrected chi connectivity index (χ1v) is 6.47. The van der Waals surface area contributed by atoms with Crippen molar-refractivity contribution in [2.24, 2.45) is 0 Å². The Morgan fingerprint density at radius 1 is 1.33 bits per heavy atom. The minimum atomic E-state index is -4.35. The largest absolute Gasteiger partial charge is 0.416 e. The maximum atomic E-state index is 12.4. The molecule has 1 amide bonds. The van der Waals surface area contributed by atoms with Crippen LogP contribution in [-0.4, -0.2) is 25.7 Å². The average molecular weight is 301 g/mol. The molecule has 1 aromatic rings. The molecule has 0 spiro atoms. The molecule has 0 saturated heterocycles. The van der Waals surface area contributed by atoms with E-state index >= 15 is 0 Å². The first kappa shape index (κ1) is 17.2. The second kappa shape index (κ2) is 7.83. The summed E-state index contributed by atoms with van der Waals surface area (Å²) in [4.78, 5) is 11.6. The highest BCUT2D eigenvalue weighted by atomic mass is 19.4. The molecular weight excluding hydrogens is 283 g/mol. The van der Waals surface area contributed by atoms with Gasteiger partial charge in [0.1, 0.15) is 0 Å². The molecule has 1 N–H and O–H groups in total. The number of nitrogens with one attached hydrogen (secondary N) is 1. The van der Waals surface area contributed by atoms with E-state index in [1.165, 1.54) is 24.3 Å². The standard InChI is InChI=1S/C15H18F3NO2/c1-11(9-10-21-2)19-14(20)8-5-12-3-6-13(7-4-12)15(16,17)18/h3-8,11H,9-10H2,1-2H3,(H,19,20)/b8-5+. The Labute approximate surface area is 121 Å². The Bertz CT molecular complexity index is 481. The lowest BCUT2D eigenvalue weighted by Crippen LogP contribution is -2.31. The number of benzene rings is 1. The van der Waals surface area contributed by atoms with E-state index in [9.17, 15) is 18.0 Å². The van der Waals surface area contributed by atoms with Crippen molar-refractivity contribution in [1.82, 2.24) is 5.32 Å². The number of methoxy groups -OCH3 is 1. The second-order valence-corrected chi connectivity index (χ2v) is 4.64. The highest BCUT2D eigenvalue weighted by molar-refractivity contribution is 5.91. The Hall–Kier alpha value is -1.82. The van der Waals surface area contributed by atoms with E-state index in [4.69, 9.17) is 4.74 Å². The molecule has 0 saturated carbocycles. The quantitative estimate of drug-likeness (QED) is 0.819. The smallest absolute Gasteiger partial charge is 0.385 e. The molecule has 0 aromatic heterocycles. The third kappa shape index (κ3) is 6.44. The lowest BCUT2D eigenvalue weighted by Gasteiger charge is -2.11. The van der Waals surface area contributed by atoms with Gasteiger partial charge in [0, 0.05) is 25.8 Å². The number of carbonyl (C=O) groups excluding carboxylic acids is 1. The molecule has 1 aromatic carbocycles. The van der Waals surface area contributed by atoms with Gasteiger partial charge in [0.05, 0.1) is 5.56 Å². The molecule has 0 heterocycles. The number of rotatable bonds is 6. The summed E-state index contributed by atoms with van der Waals surface area (Å²) < 4.78 is 42.1. The third-order valence-corrected chi connectivity index (χ3v) is 2.81. The van der Waals surface area contributed by atoms with Crippen LogP contribution in [0.1, 0.15) is 24.5 Å². The zero-order valence-electron chi connectivity index (χ0n) is 11.9. The van der Waals surface area contributed by atoms with Gasteiger partial charge in [-0.3, -0.25) is 4.79 Å². The Balaban J connectivity index is 2.54. The van der Waals surface area contributed by atoms with Crippen molar-refractivity contribution in [3.05, 3.63) is 41.5 Å². The molecule has 1 unspecified atom stereocenters. The maximum absolute atomic E-state index is 12.4. The van der Waals surface area contributed by atoms with Crippen LogP contribution in [0.3, 0.4) is 0 Å². The topological polar surface area (TPSA) is 38.3 Å². The predicted molar refractivity (Wildman–Crippen MR) is 74.6 cm³/mol. The molecule has 0 fully saturated rings. The van der Waals surface area contributed by atoms with E-state index in [2.05, 4.69) is 5.32 Å². The number of amides is 1. The van der Waals surface area contributed by atoms with Crippen molar-refractivity contribution >= 4 is 12.0 Å². The van der Waals surface area contributed by atoms with Crippen molar-refractivity contribution < 1.29 is 22.7 Å². The van der Waals surface area contributed by atoms with E-state index in [-0.39, 0.29) is 11.9 Å². The summed E-state index contributed by atoms with van der Waals surface area (Å²) in [6.07, 6.45) is -0.892. The monoisotopic (exact) mass is 301 g/mol. The fourth-order valence-corrected chi connectivity index (χ4v) is 1.61. The van der Waals surface area contributed by atoms with Crippen LogP contribution in [-0.2, 0) is 15.7 Å². The highest BCUT2D eigenvalue weighted by Crippen LogP contribution is 2.29. The molecule has 6 heteroatoms. The van der Waals surface area contributed by atoms with Gasteiger partial charge in [-0.25, -0.2) is 0 Å². The molecule has 0 aliphatic carbocycles. The molecule has 1 atom stereocenters. The summed E-state index contributed by atoms with van der Waals surface area (Å²) in [6, 6.07) is 4.58. The van der Waals surface area contributed by atoms with Crippen LogP contribution < -0.4 is 5.32 Å².